The summed E-state index contributed by atoms with van der Waals surface area (Å²) in [6.45, 7) is 0. The maximum atomic E-state index is 13.9. The fourth-order valence-electron chi connectivity index (χ4n) is 2.77. The van der Waals surface area contributed by atoms with Crippen molar-refractivity contribution in [1.29, 1.82) is 0 Å². The van der Waals surface area contributed by atoms with Gasteiger partial charge in [-0.05, 0) is 11.1 Å². The number of hydrogen-bond donors (Lipinski definition) is 2. The van der Waals surface area contributed by atoms with E-state index in [1.807, 2.05) is 18.2 Å². The molecule has 0 radical (unpaired) electrons. The van der Waals surface area contributed by atoms with Crippen LogP contribution in [0.25, 0.3) is 0 Å². The van der Waals surface area contributed by atoms with E-state index in [2.05, 4.69) is 0 Å². The largest absolute Gasteiger partial charge is 0.380 e. The molecule has 24 heavy (non-hydrogen) atoms. The minimum Gasteiger partial charge on any atom is -0.380 e. The molecule has 2 atom stereocenters. The van der Waals surface area contributed by atoms with Crippen molar-refractivity contribution in [3.8, 4) is 0 Å². The van der Waals surface area contributed by atoms with Gasteiger partial charge in [-0.1, -0.05) is 91.0 Å². The maximum Gasteiger partial charge on any atom is 0.178 e. The molecule has 4 heteroatoms. The highest BCUT2D eigenvalue weighted by Gasteiger charge is 2.42. The summed E-state index contributed by atoms with van der Waals surface area (Å²) in [5.41, 5.74) is 1.05. The van der Waals surface area contributed by atoms with Gasteiger partial charge in [0.05, 0.1) is 0 Å². The molecular weight excluding hydrogens is 319 g/mol. The van der Waals surface area contributed by atoms with Crippen LogP contribution in [0.2, 0.25) is 0 Å². The zero-order valence-corrected chi connectivity index (χ0v) is 14.0. The van der Waals surface area contributed by atoms with Crippen molar-refractivity contribution in [2.75, 3.05) is 0 Å². The van der Waals surface area contributed by atoms with Crippen molar-refractivity contribution in [2.24, 2.45) is 0 Å². The Bertz CT molecular complexity index is 770. The van der Waals surface area contributed by atoms with E-state index in [9.17, 15) is 14.8 Å². The Kier molecular flexibility index (Phi) is 4.96. The van der Waals surface area contributed by atoms with Crippen LogP contribution < -0.4 is 5.30 Å². The Morgan fingerprint density at radius 2 is 0.917 bits per heavy atom. The molecule has 0 saturated heterocycles. The summed E-state index contributed by atoms with van der Waals surface area (Å²) < 4.78 is 13.9. The highest BCUT2D eigenvalue weighted by atomic mass is 31.2. The summed E-state index contributed by atoms with van der Waals surface area (Å²) in [7, 11) is -3.59. The van der Waals surface area contributed by atoms with E-state index >= 15 is 0 Å². The number of benzene rings is 3. The van der Waals surface area contributed by atoms with E-state index in [4.69, 9.17) is 0 Å². The molecule has 0 aromatic heterocycles. The Balaban J connectivity index is 2.13. The lowest BCUT2D eigenvalue weighted by molar-refractivity contribution is 0.215. The minimum absolute atomic E-state index is 0.456. The van der Waals surface area contributed by atoms with Gasteiger partial charge in [0.2, 0.25) is 0 Å². The molecule has 0 bridgehead atoms. The van der Waals surface area contributed by atoms with Crippen LogP contribution in [0.3, 0.4) is 0 Å². The molecule has 0 saturated carbocycles. The van der Waals surface area contributed by atoms with Gasteiger partial charge in [-0.3, -0.25) is 0 Å². The molecule has 0 amide bonds. The van der Waals surface area contributed by atoms with Gasteiger partial charge in [0, 0.05) is 5.30 Å². The Labute approximate surface area is 141 Å². The topological polar surface area (TPSA) is 57.5 Å². The SMILES string of the molecule is O=P(c1ccccc1)(C(O)c1ccccc1)C(O)c1ccccc1. The predicted molar refractivity (Wildman–Crippen MR) is 96.5 cm³/mol. The first kappa shape index (κ1) is 16.7. The van der Waals surface area contributed by atoms with Gasteiger partial charge in [0.1, 0.15) is 11.7 Å². The summed E-state index contributed by atoms with van der Waals surface area (Å²) >= 11 is 0. The van der Waals surface area contributed by atoms with E-state index in [1.165, 1.54) is 0 Å². The minimum atomic E-state index is -3.59. The lowest BCUT2D eigenvalue weighted by Crippen LogP contribution is -2.17. The third-order valence-electron chi connectivity index (χ3n) is 4.08. The molecule has 0 fully saturated rings. The molecule has 0 heterocycles. The van der Waals surface area contributed by atoms with Crippen LogP contribution in [0, 0.1) is 0 Å². The zero-order valence-electron chi connectivity index (χ0n) is 13.1. The summed E-state index contributed by atoms with van der Waals surface area (Å²) in [5, 5.41) is 22.3. The molecular formula is C20H19O3P. The van der Waals surface area contributed by atoms with Crippen LogP contribution in [0.15, 0.2) is 91.0 Å². The fraction of sp³-hybridized carbons (Fsp3) is 0.100. The summed E-state index contributed by atoms with van der Waals surface area (Å²) in [4.78, 5) is 0. The van der Waals surface area contributed by atoms with Crippen molar-refractivity contribution >= 4 is 12.4 Å². The van der Waals surface area contributed by atoms with E-state index in [0.717, 1.165) is 0 Å². The standard InChI is InChI=1S/C20H19O3P/c21-19(16-10-4-1-5-11-16)24(23,18-14-8-3-9-15-18)20(22)17-12-6-2-7-13-17/h1-15,19-22H. The van der Waals surface area contributed by atoms with Crippen molar-refractivity contribution in [1.82, 2.24) is 0 Å². The third-order valence-corrected chi connectivity index (χ3v) is 7.24. The Morgan fingerprint density at radius 3 is 1.29 bits per heavy atom. The Hall–Kier alpha value is -2.19. The smallest absolute Gasteiger partial charge is 0.178 e. The summed E-state index contributed by atoms with van der Waals surface area (Å²) in [5.74, 6) is -2.56. The van der Waals surface area contributed by atoms with Gasteiger partial charge in [0.15, 0.2) is 7.14 Å². The van der Waals surface area contributed by atoms with Crippen LogP contribution in [0.1, 0.15) is 22.8 Å². The molecule has 3 nitrogen and oxygen atoms in total. The number of rotatable bonds is 5. The molecule has 122 valence electrons. The monoisotopic (exact) mass is 338 g/mol. The van der Waals surface area contributed by atoms with Gasteiger partial charge in [0.25, 0.3) is 0 Å². The molecule has 0 aliphatic heterocycles. The molecule has 2 unspecified atom stereocenters. The quantitative estimate of drug-likeness (QED) is 0.690. The van der Waals surface area contributed by atoms with Crippen molar-refractivity contribution in [2.45, 2.75) is 11.7 Å². The van der Waals surface area contributed by atoms with Crippen LogP contribution in [0.5, 0.6) is 0 Å². The summed E-state index contributed by atoms with van der Waals surface area (Å²) in [6, 6.07) is 26.4. The van der Waals surface area contributed by atoms with Crippen molar-refractivity contribution in [3.05, 3.63) is 102 Å². The van der Waals surface area contributed by atoms with E-state index in [1.54, 1.807) is 72.8 Å². The second-order valence-corrected chi connectivity index (χ2v) is 8.53. The highest BCUT2D eigenvalue weighted by molar-refractivity contribution is 7.71. The second kappa shape index (κ2) is 7.14. The van der Waals surface area contributed by atoms with Gasteiger partial charge in [-0.25, -0.2) is 0 Å². The average molecular weight is 338 g/mol. The van der Waals surface area contributed by atoms with Crippen molar-refractivity contribution in [3.63, 3.8) is 0 Å². The van der Waals surface area contributed by atoms with Gasteiger partial charge < -0.3 is 14.8 Å². The lowest BCUT2D eigenvalue weighted by Gasteiger charge is -2.29. The van der Waals surface area contributed by atoms with E-state index in [-0.39, 0.29) is 0 Å². The second-order valence-electron chi connectivity index (χ2n) is 5.61. The van der Waals surface area contributed by atoms with E-state index in [0.29, 0.717) is 16.4 Å². The number of aliphatic hydroxyl groups excluding tert-OH is 2. The maximum absolute atomic E-state index is 13.9. The normalized spacial score (nSPS) is 16.1. The molecule has 3 aromatic rings. The lowest BCUT2D eigenvalue weighted by atomic mass is 10.2. The molecule has 0 spiro atoms. The molecule has 0 aliphatic carbocycles. The van der Waals surface area contributed by atoms with Gasteiger partial charge in [-0.15, -0.1) is 0 Å². The third kappa shape index (κ3) is 3.07. The van der Waals surface area contributed by atoms with Crippen LogP contribution >= 0.6 is 7.14 Å². The van der Waals surface area contributed by atoms with Crippen molar-refractivity contribution < 1.29 is 14.8 Å². The highest BCUT2D eigenvalue weighted by Crippen LogP contribution is 2.65. The van der Waals surface area contributed by atoms with Crippen LogP contribution in [0.4, 0.5) is 0 Å². The zero-order chi connectivity index (χ0) is 17.0. The fourth-order valence-corrected chi connectivity index (χ4v) is 5.47. The van der Waals surface area contributed by atoms with Gasteiger partial charge >= 0.3 is 0 Å². The van der Waals surface area contributed by atoms with E-state index < -0.39 is 18.8 Å². The Morgan fingerprint density at radius 1 is 0.583 bits per heavy atom. The van der Waals surface area contributed by atoms with Crippen LogP contribution in [-0.4, -0.2) is 10.2 Å². The van der Waals surface area contributed by atoms with Gasteiger partial charge in [-0.2, -0.15) is 0 Å². The number of hydrogen-bond acceptors (Lipinski definition) is 3. The average Bonchev–Trinajstić information content (AvgIpc) is 2.68. The number of aliphatic hydroxyl groups is 2. The molecule has 0 aliphatic rings. The first-order valence-corrected chi connectivity index (χ1v) is 9.59. The van der Waals surface area contributed by atoms with Crippen LogP contribution in [-0.2, 0) is 4.57 Å². The predicted octanol–water partition coefficient (Wildman–Crippen LogP) is 4.06. The summed E-state index contributed by atoms with van der Waals surface area (Å²) in [6.07, 6.45) is 0. The molecule has 3 rings (SSSR count). The first-order chi connectivity index (χ1) is 11.6. The molecule has 3 aromatic carbocycles. The first-order valence-electron chi connectivity index (χ1n) is 7.75. The molecule has 2 N–H and O–H groups in total.